The van der Waals surface area contributed by atoms with Crippen LogP contribution in [0.2, 0.25) is 0 Å². The lowest BCUT2D eigenvalue weighted by Gasteiger charge is -2.26. The zero-order valence-electron chi connectivity index (χ0n) is 19.7. The second-order valence-electron chi connectivity index (χ2n) is 8.88. The SMILES string of the molecule is Cc1ccc([C@H]2c3c(C)nn(-c4ccccc4)c3Oc3ncn4nc(-c5ccccn5)nc4c32)cc1. The van der Waals surface area contributed by atoms with Gasteiger partial charge in [0.15, 0.2) is 5.65 Å². The largest absolute Gasteiger partial charge is 0.420 e. The lowest BCUT2D eigenvalue weighted by Crippen LogP contribution is -2.16. The average Bonchev–Trinajstić information content (AvgIpc) is 3.50. The molecule has 0 bridgehead atoms. The van der Waals surface area contributed by atoms with Gasteiger partial charge < -0.3 is 4.74 Å². The van der Waals surface area contributed by atoms with Crippen molar-refractivity contribution >= 4 is 5.65 Å². The lowest BCUT2D eigenvalue weighted by molar-refractivity contribution is 0.402. The van der Waals surface area contributed by atoms with E-state index in [2.05, 4.69) is 46.3 Å². The monoisotopic (exact) mass is 471 g/mol. The molecule has 1 aliphatic rings. The summed E-state index contributed by atoms with van der Waals surface area (Å²) >= 11 is 0. The predicted molar refractivity (Wildman–Crippen MR) is 135 cm³/mol. The number of hydrogen-bond acceptors (Lipinski definition) is 6. The molecule has 1 atom stereocenters. The van der Waals surface area contributed by atoms with Crippen LogP contribution < -0.4 is 4.74 Å². The third-order valence-corrected chi connectivity index (χ3v) is 6.53. The van der Waals surface area contributed by atoms with E-state index in [-0.39, 0.29) is 5.92 Å². The molecule has 8 nitrogen and oxygen atoms in total. The van der Waals surface area contributed by atoms with Crippen molar-refractivity contribution in [3.8, 4) is 29.0 Å². The first-order chi connectivity index (χ1) is 17.7. The molecule has 2 aromatic carbocycles. The fourth-order valence-electron chi connectivity index (χ4n) is 4.82. The van der Waals surface area contributed by atoms with Crippen LogP contribution in [0.5, 0.6) is 11.8 Å². The van der Waals surface area contributed by atoms with E-state index in [4.69, 9.17) is 14.8 Å². The fourth-order valence-corrected chi connectivity index (χ4v) is 4.82. The van der Waals surface area contributed by atoms with Crippen molar-refractivity contribution in [2.75, 3.05) is 0 Å². The lowest BCUT2D eigenvalue weighted by atomic mass is 9.84. The van der Waals surface area contributed by atoms with Crippen molar-refractivity contribution in [1.82, 2.24) is 34.3 Å². The number of fused-ring (bicyclic) bond motifs is 4. The highest BCUT2D eigenvalue weighted by Crippen LogP contribution is 2.49. The topological polar surface area (TPSA) is 83.0 Å². The molecular weight excluding hydrogens is 450 g/mol. The van der Waals surface area contributed by atoms with E-state index < -0.39 is 0 Å². The van der Waals surface area contributed by atoms with Crippen molar-refractivity contribution in [1.29, 1.82) is 0 Å². The second-order valence-corrected chi connectivity index (χ2v) is 8.88. The molecule has 7 rings (SSSR count). The van der Waals surface area contributed by atoms with Crippen LogP contribution in [0.15, 0.2) is 85.3 Å². The number of pyridine rings is 1. The van der Waals surface area contributed by atoms with Gasteiger partial charge in [-0.2, -0.15) is 5.10 Å². The number of ether oxygens (including phenoxy) is 1. The Morgan fingerprint density at radius 3 is 2.39 bits per heavy atom. The Hall–Kier alpha value is -4.85. The standard InChI is InChI=1S/C28H21N7O/c1-17-11-13-19(14-12-17)23-22-18(2)32-35(20-8-4-3-5-9-20)28(22)36-27-24(23)26-31-25(33-34(26)16-30-27)21-10-6-7-15-29-21/h3-16,23H,1-2H3/t23-/m0/s1. The summed E-state index contributed by atoms with van der Waals surface area (Å²) in [7, 11) is 0. The van der Waals surface area contributed by atoms with Crippen LogP contribution in [0.25, 0.3) is 22.9 Å². The molecule has 0 unspecified atom stereocenters. The van der Waals surface area contributed by atoms with Crippen molar-refractivity contribution in [3.63, 3.8) is 0 Å². The maximum Gasteiger partial charge on any atom is 0.230 e. The van der Waals surface area contributed by atoms with Crippen molar-refractivity contribution in [2.24, 2.45) is 0 Å². The number of aromatic nitrogens is 7. The van der Waals surface area contributed by atoms with Crippen LogP contribution in [0.4, 0.5) is 0 Å². The maximum atomic E-state index is 6.47. The third-order valence-electron chi connectivity index (χ3n) is 6.53. The van der Waals surface area contributed by atoms with Crippen molar-refractivity contribution in [3.05, 3.63) is 113 Å². The Morgan fingerprint density at radius 1 is 0.806 bits per heavy atom. The molecular formula is C28H21N7O. The molecule has 8 heteroatoms. The molecule has 0 saturated heterocycles. The summed E-state index contributed by atoms with van der Waals surface area (Å²) in [6, 6.07) is 24.2. The number of para-hydroxylation sites is 1. The van der Waals surface area contributed by atoms with E-state index in [9.17, 15) is 0 Å². The highest BCUT2D eigenvalue weighted by atomic mass is 16.5. The quantitative estimate of drug-likeness (QED) is 0.349. The second kappa shape index (κ2) is 7.84. The van der Waals surface area contributed by atoms with Gasteiger partial charge in [0, 0.05) is 6.20 Å². The zero-order chi connectivity index (χ0) is 24.2. The van der Waals surface area contributed by atoms with Gasteiger partial charge in [0.05, 0.1) is 28.4 Å². The summed E-state index contributed by atoms with van der Waals surface area (Å²) < 4.78 is 10.0. The van der Waals surface area contributed by atoms with E-state index in [1.54, 1.807) is 17.0 Å². The van der Waals surface area contributed by atoms with Gasteiger partial charge in [-0.3, -0.25) is 4.98 Å². The number of aryl methyl sites for hydroxylation is 2. The Bertz CT molecular complexity index is 1720. The normalized spacial score (nSPS) is 14.3. The highest BCUT2D eigenvalue weighted by molar-refractivity contribution is 5.68. The van der Waals surface area contributed by atoms with Gasteiger partial charge >= 0.3 is 0 Å². The summed E-state index contributed by atoms with van der Waals surface area (Å²) in [5.74, 6) is 1.52. The molecule has 174 valence electrons. The van der Waals surface area contributed by atoms with Gasteiger partial charge in [0.25, 0.3) is 0 Å². The van der Waals surface area contributed by atoms with E-state index >= 15 is 0 Å². The van der Waals surface area contributed by atoms with Gasteiger partial charge in [-0.15, -0.1) is 5.10 Å². The van der Waals surface area contributed by atoms with Crippen LogP contribution in [0.1, 0.15) is 33.9 Å². The molecule has 0 spiro atoms. The number of hydrogen-bond donors (Lipinski definition) is 0. The van der Waals surface area contributed by atoms with Gasteiger partial charge in [-0.25, -0.2) is 19.2 Å². The van der Waals surface area contributed by atoms with Crippen LogP contribution in [0.3, 0.4) is 0 Å². The number of benzene rings is 2. The summed E-state index contributed by atoms with van der Waals surface area (Å²) in [6.45, 7) is 4.10. The summed E-state index contributed by atoms with van der Waals surface area (Å²) in [4.78, 5) is 14.0. The van der Waals surface area contributed by atoms with Gasteiger partial charge in [-0.1, -0.05) is 54.1 Å². The average molecular weight is 472 g/mol. The molecule has 5 heterocycles. The van der Waals surface area contributed by atoms with Crippen molar-refractivity contribution < 1.29 is 4.74 Å². The van der Waals surface area contributed by atoms with E-state index in [1.165, 1.54) is 5.56 Å². The molecule has 0 aliphatic carbocycles. The molecule has 1 aliphatic heterocycles. The van der Waals surface area contributed by atoms with E-state index in [0.717, 1.165) is 28.1 Å². The van der Waals surface area contributed by atoms with Gasteiger partial charge in [-0.05, 0) is 43.7 Å². The molecule has 0 saturated carbocycles. The highest BCUT2D eigenvalue weighted by Gasteiger charge is 2.38. The smallest absolute Gasteiger partial charge is 0.230 e. The van der Waals surface area contributed by atoms with E-state index in [0.29, 0.717) is 28.9 Å². The van der Waals surface area contributed by atoms with Gasteiger partial charge in [0.1, 0.15) is 12.0 Å². The molecule has 4 aromatic heterocycles. The fraction of sp³-hybridized carbons (Fsp3) is 0.107. The Labute approximate surface area is 206 Å². The Kier molecular flexibility index (Phi) is 4.47. The first-order valence-electron chi connectivity index (χ1n) is 11.7. The first-order valence-corrected chi connectivity index (χ1v) is 11.7. The number of rotatable bonds is 3. The first kappa shape index (κ1) is 20.5. The minimum atomic E-state index is -0.182. The third kappa shape index (κ3) is 3.11. The number of nitrogens with zero attached hydrogens (tertiary/aromatic N) is 7. The molecule has 0 fully saturated rings. The summed E-state index contributed by atoms with van der Waals surface area (Å²) in [6.07, 6.45) is 3.38. The molecule has 0 N–H and O–H groups in total. The maximum absolute atomic E-state index is 6.47. The van der Waals surface area contributed by atoms with E-state index in [1.807, 2.05) is 60.1 Å². The summed E-state index contributed by atoms with van der Waals surface area (Å²) in [5, 5.41) is 9.55. The molecule has 6 aromatic rings. The van der Waals surface area contributed by atoms with Gasteiger partial charge in [0.2, 0.25) is 17.6 Å². The summed E-state index contributed by atoms with van der Waals surface area (Å²) in [5.41, 5.74) is 7.35. The minimum Gasteiger partial charge on any atom is -0.420 e. The Balaban J connectivity index is 1.50. The predicted octanol–water partition coefficient (Wildman–Crippen LogP) is 5.27. The zero-order valence-corrected chi connectivity index (χ0v) is 19.7. The van der Waals surface area contributed by atoms with Crippen molar-refractivity contribution in [2.45, 2.75) is 19.8 Å². The minimum absolute atomic E-state index is 0.182. The van der Waals surface area contributed by atoms with Crippen LogP contribution >= 0.6 is 0 Å². The molecule has 36 heavy (non-hydrogen) atoms. The van der Waals surface area contributed by atoms with Crippen LogP contribution in [0, 0.1) is 13.8 Å². The van der Waals surface area contributed by atoms with Crippen LogP contribution in [-0.2, 0) is 0 Å². The Morgan fingerprint density at radius 2 is 1.61 bits per heavy atom. The van der Waals surface area contributed by atoms with Crippen LogP contribution in [-0.4, -0.2) is 34.3 Å². The molecule has 0 radical (unpaired) electrons. The molecule has 0 amide bonds.